The summed E-state index contributed by atoms with van der Waals surface area (Å²) in [5.41, 5.74) is 5.85. The minimum Gasteiger partial charge on any atom is -0.508 e. The molecule has 0 saturated carbocycles. The first-order chi connectivity index (χ1) is 14.9. The third-order valence-electron chi connectivity index (χ3n) is 4.29. The molecule has 4 atom stereocenters. The zero-order valence-corrected chi connectivity index (χ0v) is 17.1. The predicted octanol–water partition coefficient (Wildman–Crippen LogP) is -2.71. The molecule has 4 unspecified atom stereocenters. The lowest BCUT2D eigenvalue weighted by molar-refractivity contribution is -0.143. The molecule has 3 amide bonds. The molecule has 0 saturated heterocycles. The highest BCUT2D eigenvalue weighted by molar-refractivity contribution is 5.95. The number of aliphatic hydroxyl groups excluding tert-OH is 1. The molecule has 1 aromatic rings. The van der Waals surface area contributed by atoms with Crippen LogP contribution < -0.4 is 21.7 Å². The Hall–Kier alpha value is -3.71. The zero-order chi connectivity index (χ0) is 24.4. The number of phenolic OH excluding ortho intramolecular Hbond substituents is 1. The SMILES string of the molecule is CC(NC(=O)C(CC(=O)O)NC(=O)C(N)CO)C(=O)NC(Cc1ccc(O)cc1)C(=O)O. The number of rotatable bonds is 12. The summed E-state index contributed by atoms with van der Waals surface area (Å²) in [6.45, 7) is 0.509. The van der Waals surface area contributed by atoms with Crippen molar-refractivity contribution < 1.29 is 44.4 Å². The van der Waals surface area contributed by atoms with E-state index in [-0.39, 0.29) is 12.2 Å². The number of carbonyl (C=O) groups is 5. The second kappa shape index (κ2) is 12.2. The van der Waals surface area contributed by atoms with E-state index in [0.717, 1.165) is 0 Å². The molecule has 0 radical (unpaired) electrons. The molecule has 0 aliphatic rings. The van der Waals surface area contributed by atoms with E-state index in [1.54, 1.807) is 0 Å². The largest absolute Gasteiger partial charge is 0.508 e. The van der Waals surface area contributed by atoms with Crippen molar-refractivity contribution in [1.29, 1.82) is 0 Å². The summed E-state index contributed by atoms with van der Waals surface area (Å²) in [6, 6.07) is 0.109. The molecule has 0 heterocycles. The Kier molecular flexibility index (Phi) is 10.1. The van der Waals surface area contributed by atoms with E-state index in [1.165, 1.54) is 31.2 Å². The number of carboxylic acid groups (broad SMARTS) is 2. The van der Waals surface area contributed by atoms with Crippen molar-refractivity contribution >= 4 is 29.7 Å². The summed E-state index contributed by atoms with van der Waals surface area (Å²) < 4.78 is 0. The van der Waals surface area contributed by atoms with Gasteiger partial charge in [0.15, 0.2) is 0 Å². The lowest BCUT2D eigenvalue weighted by Gasteiger charge is -2.22. The van der Waals surface area contributed by atoms with Crippen molar-refractivity contribution in [3.8, 4) is 5.75 Å². The van der Waals surface area contributed by atoms with Crippen molar-refractivity contribution in [2.75, 3.05) is 6.61 Å². The Labute approximate surface area is 182 Å². The average molecular weight is 454 g/mol. The molecule has 0 spiro atoms. The van der Waals surface area contributed by atoms with Crippen LogP contribution in [-0.4, -0.2) is 80.9 Å². The number of benzene rings is 1. The quantitative estimate of drug-likeness (QED) is 0.163. The number of aromatic hydroxyl groups is 1. The molecule has 0 aliphatic heterocycles. The fourth-order valence-electron chi connectivity index (χ4n) is 2.49. The van der Waals surface area contributed by atoms with E-state index >= 15 is 0 Å². The maximum atomic E-state index is 12.4. The summed E-state index contributed by atoms with van der Waals surface area (Å²) in [4.78, 5) is 59.0. The maximum absolute atomic E-state index is 12.4. The number of amides is 3. The van der Waals surface area contributed by atoms with E-state index in [2.05, 4.69) is 16.0 Å². The number of aliphatic carboxylic acids is 2. The van der Waals surface area contributed by atoms with Crippen LogP contribution in [0.5, 0.6) is 5.75 Å². The normalized spacial score (nSPS) is 14.3. The van der Waals surface area contributed by atoms with Gasteiger partial charge in [-0.2, -0.15) is 0 Å². The second-order valence-electron chi connectivity index (χ2n) is 6.95. The van der Waals surface area contributed by atoms with Crippen LogP contribution in [0.25, 0.3) is 0 Å². The second-order valence-corrected chi connectivity index (χ2v) is 6.95. The molecule has 0 aliphatic carbocycles. The Balaban J connectivity index is 2.79. The lowest BCUT2D eigenvalue weighted by Crippen LogP contribution is -2.57. The summed E-state index contributed by atoms with van der Waals surface area (Å²) in [7, 11) is 0. The fraction of sp³-hybridized carbons (Fsp3) is 0.421. The van der Waals surface area contributed by atoms with Gasteiger partial charge in [0.1, 0.15) is 29.9 Å². The van der Waals surface area contributed by atoms with Crippen molar-refractivity contribution in [3.05, 3.63) is 29.8 Å². The standard InChI is InChI=1S/C19H26N4O9/c1-9(21-18(30)13(7-15(26)27)22-17(29)12(20)8-24)16(28)23-14(19(31)32)6-10-2-4-11(25)5-3-10/h2-5,9,12-14,24-25H,6-8,20H2,1H3,(H,21,30)(H,22,29)(H,23,28)(H,26,27)(H,31,32). The van der Waals surface area contributed by atoms with Crippen LogP contribution in [-0.2, 0) is 30.4 Å². The molecule has 9 N–H and O–H groups in total. The first-order valence-electron chi connectivity index (χ1n) is 9.44. The zero-order valence-electron chi connectivity index (χ0n) is 17.1. The molecule has 0 bridgehead atoms. The van der Waals surface area contributed by atoms with Gasteiger partial charge in [-0.3, -0.25) is 19.2 Å². The summed E-state index contributed by atoms with van der Waals surface area (Å²) in [5.74, 6) is -5.61. The van der Waals surface area contributed by atoms with Gasteiger partial charge in [0.2, 0.25) is 17.7 Å². The monoisotopic (exact) mass is 454 g/mol. The van der Waals surface area contributed by atoms with E-state index in [1.807, 2.05) is 0 Å². The van der Waals surface area contributed by atoms with Crippen LogP contribution in [0.1, 0.15) is 18.9 Å². The topological polar surface area (TPSA) is 228 Å². The number of carbonyl (C=O) groups excluding carboxylic acids is 3. The Bertz CT molecular complexity index is 844. The molecular formula is C19H26N4O9. The first-order valence-corrected chi connectivity index (χ1v) is 9.44. The van der Waals surface area contributed by atoms with Crippen molar-refractivity contribution in [1.82, 2.24) is 16.0 Å². The van der Waals surface area contributed by atoms with E-state index in [0.29, 0.717) is 5.56 Å². The number of aliphatic hydroxyl groups is 1. The third-order valence-corrected chi connectivity index (χ3v) is 4.29. The van der Waals surface area contributed by atoms with Crippen LogP contribution >= 0.6 is 0 Å². The molecule has 1 rings (SSSR count). The smallest absolute Gasteiger partial charge is 0.326 e. The van der Waals surface area contributed by atoms with Gasteiger partial charge in [-0.25, -0.2) is 4.79 Å². The molecule has 176 valence electrons. The molecule has 0 fully saturated rings. The van der Waals surface area contributed by atoms with Crippen LogP contribution in [0.2, 0.25) is 0 Å². The van der Waals surface area contributed by atoms with E-state index in [4.69, 9.17) is 15.9 Å². The predicted molar refractivity (Wildman–Crippen MR) is 108 cm³/mol. The summed E-state index contributed by atoms with van der Waals surface area (Å²) in [6.07, 6.45) is -0.915. The third kappa shape index (κ3) is 8.57. The molecule has 13 nitrogen and oxygen atoms in total. The highest BCUT2D eigenvalue weighted by Gasteiger charge is 2.29. The van der Waals surface area contributed by atoms with Gasteiger partial charge in [-0.15, -0.1) is 0 Å². The molecular weight excluding hydrogens is 428 g/mol. The van der Waals surface area contributed by atoms with Crippen LogP contribution in [0.4, 0.5) is 0 Å². The van der Waals surface area contributed by atoms with Crippen LogP contribution in [0.3, 0.4) is 0 Å². The summed E-state index contributed by atoms with van der Waals surface area (Å²) in [5, 5.41) is 43.0. The molecule has 13 heteroatoms. The molecule has 1 aromatic carbocycles. The number of phenols is 1. The number of nitrogens with one attached hydrogen (secondary N) is 3. The van der Waals surface area contributed by atoms with Gasteiger partial charge in [0.25, 0.3) is 0 Å². The fourth-order valence-corrected chi connectivity index (χ4v) is 2.49. The van der Waals surface area contributed by atoms with Gasteiger partial charge in [0.05, 0.1) is 13.0 Å². The van der Waals surface area contributed by atoms with Crippen molar-refractivity contribution in [2.45, 2.75) is 43.9 Å². The van der Waals surface area contributed by atoms with E-state index < -0.39 is 66.9 Å². The Morgan fingerprint density at radius 1 is 0.906 bits per heavy atom. The lowest BCUT2D eigenvalue weighted by atomic mass is 10.1. The Morgan fingerprint density at radius 3 is 1.97 bits per heavy atom. The highest BCUT2D eigenvalue weighted by atomic mass is 16.4. The van der Waals surface area contributed by atoms with Gasteiger partial charge < -0.3 is 42.1 Å². The number of hydrogen-bond acceptors (Lipinski definition) is 8. The van der Waals surface area contributed by atoms with Crippen LogP contribution in [0, 0.1) is 0 Å². The Morgan fingerprint density at radius 2 is 1.47 bits per heavy atom. The van der Waals surface area contributed by atoms with Crippen LogP contribution in [0.15, 0.2) is 24.3 Å². The molecule has 32 heavy (non-hydrogen) atoms. The molecule has 0 aromatic heterocycles. The number of nitrogens with two attached hydrogens (primary N) is 1. The van der Waals surface area contributed by atoms with Gasteiger partial charge in [-0.05, 0) is 24.6 Å². The maximum Gasteiger partial charge on any atom is 0.326 e. The van der Waals surface area contributed by atoms with E-state index in [9.17, 15) is 34.2 Å². The highest BCUT2D eigenvalue weighted by Crippen LogP contribution is 2.11. The van der Waals surface area contributed by atoms with Gasteiger partial charge in [-0.1, -0.05) is 12.1 Å². The van der Waals surface area contributed by atoms with Crippen molar-refractivity contribution in [3.63, 3.8) is 0 Å². The van der Waals surface area contributed by atoms with Crippen molar-refractivity contribution in [2.24, 2.45) is 5.73 Å². The first kappa shape index (κ1) is 26.3. The minimum atomic E-state index is -1.58. The number of carboxylic acids is 2. The minimum absolute atomic E-state index is 0.0102. The van der Waals surface area contributed by atoms with Gasteiger partial charge >= 0.3 is 11.9 Å². The number of hydrogen-bond donors (Lipinski definition) is 8. The average Bonchev–Trinajstić information content (AvgIpc) is 2.72. The van der Waals surface area contributed by atoms with Gasteiger partial charge in [0, 0.05) is 6.42 Å². The summed E-state index contributed by atoms with van der Waals surface area (Å²) >= 11 is 0.